The molecule has 2 aliphatic carbocycles. The zero-order valence-electron chi connectivity index (χ0n) is 12.7. The Kier molecular flexibility index (Phi) is 3.38. The molecule has 1 aromatic heterocycles. The molecule has 4 heteroatoms. The highest BCUT2D eigenvalue weighted by Crippen LogP contribution is 2.53. The number of piperazine rings is 1. The second-order valence-corrected chi connectivity index (χ2v) is 7.05. The van der Waals surface area contributed by atoms with E-state index in [1.54, 1.807) is 0 Å². The first-order valence-corrected chi connectivity index (χ1v) is 8.43. The molecule has 0 radical (unpaired) electrons. The molecule has 0 spiro atoms. The van der Waals surface area contributed by atoms with Gasteiger partial charge in [-0.2, -0.15) is 0 Å². The molecule has 3 unspecified atom stereocenters. The molecule has 3 fully saturated rings. The van der Waals surface area contributed by atoms with Crippen LogP contribution in [0.4, 0.5) is 5.82 Å². The number of anilines is 1. The van der Waals surface area contributed by atoms with Crippen LogP contribution in [0, 0.1) is 11.8 Å². The van der Waals surface area contributed by atoms with E-state index in [2.05, 4.69) is 26.9 Å². The van der Waals surface area contributed by atoms with Crippen molar-refractivity contribution >= 4 is 5.82 Å². The molecule has 2 heterocycles. The van der Waals surface area contributed by atoms with Crippen molar-refractivity contribution in [3.8, 4) is 0 Å². The fraction of sp³-hybridized carbons (Fsp3) is 0.706. The highest BCUT2D eigenvalue weighted by atomic mass is 15.3. The van der Waals surface area contributed by atoms with Gasteiger partial charge in [0.05, 0.1) is 0 Å². The highest BCUT2D eigenvalue weighted by molar-refractivity contribution is 5.38. The molecule has 114 valence electrons. The molecule has 1 aromatic rings. The Balaban J connectivity index is 1.45. The average molecular weight is 286 g/mol. The van der Waals surface area contributed by atoms with Gasteiger partial charge in [-0.15, -0.1) is 0 Å². The molecule has 3 atom stereocenters. The van der Waals surface area contributed by atoms with E-state index in [1.807, 2.05) is 12.3 Å². The van der Waals surface area contributed by atoms with Gasteiger partial charge in [0.1, 0.15) is 5.82 Å². The summed E-state index contributed by atoms with van der Waals surface area (Å²) in [5.41, 5.74) is 6.58. The van der Waals surface area contributed by atoms with Gasteiger partial charge in [-0.1, -0.05) is 12.5 Å². The van der Waals surface area contributed by atoms with Crippen molar-refractivity contribution in [1.82, 2.24) is 9.88 Å². The van der Waals surface area contributed by atoms with E-state index >= 15 is 0 Å². The van der Waals surface area contributed by atoms with Crippen molar-refractivity contribution in [1.29, 1.82) is 0 Å². The van der Waals surface area contributed by atoms with E-state index in [0.29, 0.717) is 5.54 Å². The summed E-state index contributed by atoms with van der Waals surface area (Å²) in [5, 5.41) is 0. The smallest absolute Gasteiger partial charge is 0.128 e. The van der Waals surface area contributed by atoms with Crippen LogP contribution in [0.15, 0.2) is 24.4 Å². The molecule has 0 aromatic carbocycles. The van der Waals surface area contributed by atoms with Gasteiger partial charge < -0.3 is 10.6 Å². The Hall–Kier alpha value is -1.13. The van der Waals surface area contributed by atoms with Crippen LogP contribution in [0.1, 0.15) is 25.7 Å². The summed E-state index contributed by atoms with van der Waals surface area (Å²) < 4.78 is 0. The monoisotopic (exact) mass is 286 g/mol. The molecule has 4 nitrogen and oxygen atoms in total. The van der Waals surface area contributed by atoms with Gasteiger partial charge in [0.15, 0.2) is 0 Å². The summed E-state index contributed by atoms with van der Waals surface area (Å²) in [6.45, 7) is 5.28. The van der Waals surface area contributed by atoms with Crippen LogP contribution < -0.4 is 10.6 Å². The maximum Gasteiger partial charge on any atom is 0.128 e. The first-order chi connectivity index (χ1) is 10.3. The summed E-state index contributed by atoms with van der Waals surface area (Å²) in [4.78, 5) is 9.61. The van der Waals surface area contributed by atoms with Gasteiger partial charge in [-0.25, -0.2) is 4.98 Å². The number of fused-ring (bicyclic) bond motifs is 2. The molecule has 2 bridgehead atoms. The molecule has 1 aliphatic heterocycles. The molecular formula is C17H26N4. The second-order valence-electron chi connectivity index (χ2n) is 7.05. The van der Waals surface area contributed by atoms with Crippen LogP contribution in [0.2, 0.25) is 0 Å². The third-order valence-electron chi connectivity index (χ3n) is 6.18. The molecule has 21 heavy (non-hydrogen) atoms. The van der Waals surface area contributed by atoms with Crippen LogP contribution >= 0.6 is 0 Å². The van der Waals surface area contributed by atoms with Crippen LogP contribution in [-0.2, 0) is 0 Å². The fourth-order valence-corrected chi connectivity index (χ4v) is 5.10. The minimum absolute atomic E-state index is 0.319. The lowest BCUT2D eigenvalue weighted by atomic mass is 9.79. The molecular weight excluding hydrogens is 260 g/mol. The third kappa shape index (κ3) is 2.16. The average Bonchev–Trinajstić information content (AvgIpc) is 3.17. The first-order valence-electron chi connectivity index (χ1n) is 8.43. The van der Waals surface area contributed by atoms with Crippen LogP contribution in [0.25, 0.3) is 0 Å². The van der Waals surface area contributed by atoms with Crippen molar-refractivity contribution in [3.05, 3.63) is 24.4 Å². The van der Waals surface area contributed by atoms with Crippen molar-refractivity contribution in [2.45, 2.75) is 31.2 Å². The van der Waals surface area contributed by atoms with Crippen LogP contribution in [-0.4, -0.2) is 48.1 Å². The van der Waals surface area contributed by atoms with Gasteiger partial charge >= 0.3 is 0 Å². The summed E-state index contributed by atoms with van der Waals surface area (Å²) in [7, 11) is 0. The van der Waals surface area contributed by atoms with Gasteiger partial charge in [-0.05, 0) is 43.2 Å². The SMILES string of the molecule is NCC1(N2CCN(c3ccccn3)CC2)CC2CCC1C2. The number of rotatable bonds is 3. The lowest BCUT2D eigenvalue weighted by Gasteiger charge is -2.50. The van der Waals surface area contributed by atoms with E-state index in [1.165, 1.54) is 25.7 Å². The molecule has 2 N–H and O–H groups in total. The Morgan fingerprint density at radius 3 is 2.62 bits per heavy atom. The topological polar surface area (TPSA) is 45.4 Å². The quantitative estimate of drug-likeness (QED) is 0.919. The van der Waals surface area contributed by atoms with Crippen LogP contribution in [0.5, 0.6) is 0 Å². The molecule has 4 rings (SSSR count). The molecule has 2 saturated carbocycles. The van der Waals surface area contributed by atoms with Crippen molar-refractivity contribution in [2.75, 3.05) is 37.6 Å². The van der Waals surface area contributed by atoms with Crippen molar-refractivity contribution in [3.63, 3.8) is 0 Å². The summed E-state index contributed by atoms with van der Waals surface area (Å²) in [6, 6.07) is 6.18. The van der Waals surface area contributed by atoms with Gasteiger partial charge in [0.2, 0.25) is 0 Å². The number of aromatic nitrogens is 1. The fourth-order valence-electron chi connectivity index (χ4n) is 5.10. The zero-order chi connectivity index (χ0) is 14.3. The predicted octanol–water partition coefficient (Wildman–Crippen LogP) is 1.72. The highest BCUT2D eigenvalue weighted by Gasteiger charge is 2.53. The van der Waals surface area contributed by atoms with Crippen molar-refractivity contribution in [2.24, 2.45) is 17.6 Å². The first kappa shape index (κ1) is 13.5. The van der Waals surface area contributed by atoms with Gasteiger partial charge in [-0.3, -0.25) is 4.90 Å². The lowest BCUT2D eigenvalue weighted by molar-refractivity contribution is 0.0367. The predicted molar refractivity (Wildman–Crippen MR) is 85.3 cm³/mol. The standard InChI is InChI=1S/C17H26N4/c18-13-17(12-14-4-5-15(17)11-14)21-9-7-20(8-10-21)16-3-1-2-6-19-16/h1-3,6,14-15H,4-5,7-13,18H2. The number of nitrogens with zero attached hydrogens (tertiary/aromatic N) is 3. The van der Waals surface area contributed by atoms with Gasteiger partial charge in [0.25, 0.3) is 0 Å². The minimum atomic E-state index is 0.319. The number of hydrogen-bond donors (Lipinski definition) is 1. The van der Waals surface area contributed by atoms with E-state index < -0.39 is 0 Å². The Bertz CT molecular complexity index is 483. The van der Waals surface area contributed by atoms with E-state index in [9.17, 15) is 0 Å². The largest absolute Gasteiger partial charge is 0.354 e. The van der Waals surface area contributed by atoms with E-state index in [-0.39, 0.29) is 0 Å². The molecule has 3 aliphatic rings. The molecule has 0 amide bonds. The van der Waals surface area contributed by atoms with Crippen LogP contribution in [0.3, 0.4) is 0 Å². The molecule has 1 saturated heterocycles. The summed E-state index contributed by atoms with van der Waals surface area (Å²) >= 11 is 0. The number of hydrogen-bond acceptors (Lipinski definition) is 4. The lowest BCUT2D eigenvalue weighted by Crippen LogP contribution is -2.62. The van der Waals surface area contributed by atoms with Crippen molar-refractivity contribution < 1.29 is 0 Å². The maximum atomic E-state index is 6.26. The summed E-state index contributed by atoms with van der Waals surface area (Å²) in [5.74, 6) is 2.92. The summed E-state index contributed by atoms with van der Waals surface area (Å²) in [6.07, 6.45) is 7.51. The minimum Gasteiger partial charge on any atom is -0.354 e. The van der Waals surface area contributed by atoms with E-state index in [0.717, 1.165) is 50.4 Å². The third-order valence-corrected chi connectivity index (χ3v) is 6.18. The normalized spacial score (nSPS) is 36.3. The maximum absolute atomic E-state index is 6.26. The van der Waals surface area contributed by atoms with E-state index in [4.69, 9.17) is 5.73 Å². The Morgan fingerprint density at radius 1 is 1.19 bits per heavy atom. The zero-order valence-corrected chi connectivity index (χ0v) is 12.7. The number of nitrogens with two attached hydrogens (primary N) is 1. The Morgan fingerprint density at radius 2 is 2.05 bits per heavy atom. The second kappa shape index (κ2) is 5.25. The van der Waals surface area contributed by atoms with Gasteiger partial charge in [0, 0.05) is 44.5 Å². The number of pyridine rings is 1. The Labute approximate surface area is 127 Å².